The standard InChI is InChI=1S/C22H21N/c1-2-8-21(9-3-1)23-22-14-12-18(13-15-22)20-11-10-17-6-4-5-7-19(17)16-20/h1-3,8-16,23H,4-7H2. The van der Waals surface area contributed by atoms with Gasteiger partial charge < -0.3 is 5.32 Å². The van der Waals surface area contributed by atoms with E-state index in [4.69, 9.17) is 0 Å². The van der Waals surface area contributed by atoms with Crippen LogP contribution in [0.4, 0.5) is 11.4 Å². The first-order valence-corrected chi connectivity index (χ1v) is 8.43. The van der Waals surface area contributed by atoms with E-state index >= 15 is 0 Å². The minimum Gasteiger partial charge on any atom is -0.356 e. The number of benzene rings is 3. The molecule has 1 heteroatoms. The van der Waals surface area contributed by atoms with Gasteiger partial charge in [0.2, 0.25) is 0 Å². The van der Waals surface area contributed by atoms with Crippen molar-refractivity contribution < 1.29 is 0 Å². The van der Waals surface area contributed by atoms with Crippen molar-refractivity contribution in [1.82, 2.24) is 0 Å². The van der Waals surface area contributed by atoms with E-state index in [1.807, 2.05) is 18.2 Å². The van der Waals surface area contributed by atoms with Crippen molar-refractivity contribution in [2.24, 2.45) is 0 Å². The quantitative estimate of drug-likeness (QED) is 0.627. The molecule has 0 aromatic heterocycles. The van der Waals surface area contributed by atoms with E-state index in [2.05, 4.69) is 59.9 Å². The molecular weight excluding hydrogens is 278 g/mol. The van der Waals surface area contributed by atoms with Gasteiger partial charge in [-0.3, -0.25) is 0 Å². The maximum Gasteiger partial charge on any atom is 0.0384 e. The Hall–Kier alpha value is -2.54. The van der Waals surface area contributed by atoms with Crippen molar-refractivity contribution in [3.8, 4) is 11.1 Å². The van der Waals surface area contributed by atoms with Gasteiger partial charge >= 0.3 is 0 Å². The van der Waals surface area contributed by atoms with Crippen LogP contribution in [0, 0.1) is 0 Å². The lowest BCUT2D eigenvalue weighted by molar-refractivity contribution is 0.686. The van der Waals surface area contributed by atoms with Crippen LogP contribution in [0.3, 0.4) is 0 Å². The lowest BCUT2D eigenvalue weighted by atomic mass is 9.89. The van der Waals surface area contributed by atoms with E-state index in [0.29, 0.717) is 0 Å². The van der Waals surface area contributed by atoms with Crippen molar-refractivity contribution in [1.29, 1.82) is 0 Å². The molecule has 1 nitrogen and oxygen atoms in total. The van der Waals surface area contributed by atoms with Gasteiger partial charge in [-0.25, -0.2) is 0 Å². The molecule has 0 atom stereocenters. The number of hydrogen-bond donors (Lipinski definition) is 1. The molecule has 0 bridgehead atoms. The van der Waals surface area contributed by atoms with Gasteiger partial charge in [-0.1, -0.05) is 48.5 Å². The van der Waals surface area contributed by atoms with Gasteiger partial charge in [-0.05, 0) is 72.2 Å². The Balaban J connectivity index is 1.56. The predicted molar refractivity (Wildman–Crippen MR) is 98.2 cm³/mol. The largest absolute Gasteiger partial charge is 0.356 e. The summed E-state index contributed by atoms with van der Waals surface area (Å²) in [6.07, 6.45) is 5.15. The highest BCUT2D eigenvalue weighted by Crippen LogP contribution is 2.28. The van der Waals surface area contributed by atoms with E-state index in [9.17, 15) is 0 Å². The zero-order valence-electron chi connectivity index (χ0n) is 13.3. The Morgan fingerprint density at radius 3 is 2.00 bits per heavy atom. The second-order valence-corrected chi connectivity index (χ2v) is 6.26. The van der Waals surface area contributed by atoms with Crippen LogP contribution in [0.15, 0.2) is 72.8 Å². The van der Waals surface area contributed by atoms with Crippen molar-refractivity contribution in [3.05, 3.63) is 83.9 Å². The fourth-order valence-electron chi connectivity index (χ4n) is 3.35. The lowest BCUT2D eigenvalue weighted by Crippen LogP contribution is -2.02. The summed E-state index contributed by atoms with van der Waals surface area (Å²) in [5.41, 5.74) is 7.95. The van der Waals surface area contributed by atoms with E-state index in [0.717, 1.165) is 11.4 Å². The molecule has 1 aliphatic rings. The highest BCUT2D eigenvalue weighted by Gasteiger charge is 2.10. The predicted octanol–water partition coefficient (Wildman–Crippen LogP) is 5.98. The smallest absolute Gasteiger partial charge is 0.0384 e. The fourth-order valence-corrected chi connectivity index (χ4v) is 3.35. The van der Waals surface area contributed by atoms with Crippen LogP contribution >= 0.6 is 0 Å². The van der Waals surface area contributed by atoms with Crippen LogP contribution in [-0.2, 0) is 12.8 Å². The van der Waals surface area contributed by atoms with Crippen molar-refractivity contribution in [3.63, 3.8) is 0 Å². The monoisotopic (exact) mass is 299 g/mol. The van der Waals surface area contributed by atoms with Crippen molar-refractivity contribution in [2.75, 3.05) is 5.32 Å². The van der Waals surface area contributed by atoms with E-state index in [1.165, 1.54) is 36.8 Å². The summed E-state index contributed by atoms with van der Waals surface area (Å²) in [6.45, 7) is 0. The summed E-state index contributed by atoms with van der Waals surface area (Å²) in [7, 11) is 0. The second kappa shape index (κ2) is 6.29. The number of rotatable bonds is 3. The molecule has 0 saturated carbocycles. The Bertz CT molecular complexity index is 788. The van der Waals surface area contributed by atoms with Crippen LogP contribution in [0.2, 0.25) is 0 Å². The van der Waals surface area contributed by atoms with Gasteiger partial charge in [0.05, 0.1) is 0 Å². The molecule has 0 saturated heterocycles. The fraction of sp³-hybridized carbons (Fsp3) is 0.182. The molecule has 4 rings (SSSR count). The summed E-state index contributed by atoms with van der Waals surface area (Å²) in [4.78, 5) is 0. The van der Waals surface area contributed by atoms with Gasteiger partial charge in [-0.15, -0.1) is 0 Å². The van der Waals surface area contributed by atoms with Gasteiger partial charge in [-0.2, -0.15) is 0 Å². The molecule has 0 radical (unpaired) electrons. The van der Waals surface area contributed by atoms with Crippen LogP contribution in [0.5, 0.6) is 0 Å². The zero-order valence-corrected chi connectivity index (χ0v) is 13.3. The Morgan fingerprint density at radius 2 is 1.22 bits per heavy atom. The number of para-hydroxylation sites is 1. The van der Waals surface area contributed by atoms with Gasteiger partial charge in [0.1, 0.15) is 0 Å². The van der Waals surface area contributed by atoms with Crippen LogP contribution < -0.4 is 5.32 Å². The molecule has 0 fully saturated rings. The number of fused-ring (bicyclic) bond motifs is 1. The molecule has 0 heterocycles. The molecule has 0 spiro atoms. The van der Waals surface area contributed by atoms with Crippen molar-refractivity contribution >= 4 is 11.4 Å². The summed E-state index contributed by atoms with van der Waals surface area (Å²) < 4.78 is 0. The molecular formula is C22H21N. The Labute approximate surface area is 138 Å². The summed E-state index contributed by atoms with van der Waals surface area (Å²) in [5, 5.41) is 3.43. The highest BCUT2D eigenvalue weighted by atomic mass is 14.9. The third kappa shape index (κ3) is 3.14. The number of anilines is 2. The molecule has 3 aromatic carbocycles. The molecule has 23 heavy (non-hydrogen) atoms. The minimum atomic E-state index is 1.12. The van der Waals surface area contributed by atoms with Crippen LogP contribution in [-0.4, -0.2) is 0 Å². The molecule has 0 aliphatic heterocycles. The maximum atomic E-state index is 3.43. The third-order valence-corrected chi connectivity index (χ3v) is 4.63. The molecule has 3 aromatic rings. The Morgan fingerprint density at radius 1 is 0.565 bits per heavy atom. The van der Waals surface area contributed by atoms with Crippen molar-refractivity contribution in [2.45, 2.75) is 25.7 Å². The topological polar surface area (TPSA) is 12.0 Å². The summed E-state index contributed by atoms with van der Waals surface area (Å²) in [5.74, 6) is 0. The van der Waals surface area contributed by atoms with E-state index in [-0.39, 0.29) is 0 Å². The third-order valence-electron chi connectivity index (χ3n) is 4.63. The maximum absolute atomic E-state index is 3.43. The number of aryl methyl sites for hydroxylation is 2. The molecule has 0 amide bonds. The molecule has 0 unspecified atom stereocenters. The van der Waals surface area contributed by atoms with Crippen LogP contribution in [0.1, 0.15) is 24.0 Å². The normalized spacial score (nSPS) is 13.4. The Kier molecular flexibility index (Phi) is 3.85. The van der Waals surface area contributed by atoms with E-state index < -0.39 is 0 Å². The molecule has 1 aliphatic carbocycles. The zero-order chi connectivity index (χ0) is 15.5. The molecule has 1 N–H and O–H groups in total. The van der Waals surface area contributed by atoms with Gasteiger partial charge in [0, 0.05) is 11.4 Å². The van der Waals surface area contributed by atoms with Gasteiger partial charge in [0.15, 0.2) is 0 Å². The summed E-state index contributed by atoms with van der Waals surface area (Å²) >= 11 is 0. The lowest BCUT2D eigenvalue weighted by Gasteiger charge is -2.16. The minimum absolute atomic E-state index is 1.12. The second-order valence-electron chi connectivity index (χ2n) is 6.26. The first-order chi connectivity index (χ1) is 11.4. The first-order valence-electron chi connectivity index (χ1n) is 8.43. The average molecular weight is 299 g/mol. The van der Waals surface area contributed by atoms with Crippen LogP contribution in [0.25, 0.3) is 11.1 Å². The number of hydrogen-bond acceptors (Lipinski definition) is 1. The highest BCUT2D eigenvalue weighted by molar-refractivity contribution is 5.69. The molecule has 114 valence electrons. The number of nitrogens with one attached hydrogen (secondary N) is 1. The van der Waals surface area contributed by atoms with E-state index in [1.54, 1.807) is 11.1 Å². The van der Waals surface area contributed by atoms with Gasteiger partial charge in [0.25, 0.3) is 0 Å². The first kappa shape index (κ1) is 14.1. The summed E-state index contributed by atoms with van der Waals surface area (Å²) in [6, 6.07) is 26.0. The SMILES string of the molecule is c1ccc(Nc2ccc(-c3ccc4c(c3)CCCC4)cc2)cc1. The average Bonchev–Trinajstić information content (AvgIpc) is 2.63.